The van der Waals surface area contributed by atoms with E-state index >= 15 is 0 Å². The second-order valence-corrected chi connectivity index (χ2v) is 7.66. The van der Waals surface area contributed by atoms with Gasteiger partial charge in [-0.3, -0.25) is 4.57 Å². The molecular formula is C17H31O7P. The highest BCUT2D eigenvalue weighted by atomic mass is 31.2. The first-order chi connectivity index (χ1) is 11.7. The van der Waals surface area contributed by atoms with Crippen molar-refractivity contribution in [2.45, 2.75) is 58.3 Å². The number of ether oxygens (including phenoxy) is 1. The van der Waals surface area contributed by atoms with Crippen LogP contribution in [0.1, 0.15) is 58.3 Å². The largest absolute Gasteiger partial charge is 0.462 e. The van der Waals surface area contributed by atoms with Crippen molar-refractivity contribution in [2.75, 3.05) is 19.8 Å². The van der Waals surface area contributed by atoms with E-state index in [1.807, 2.05) is 0 Å². The first-order valence-corrected chi connectivity index (χ1v) is 10.2. The highest BCUT2D eigenvalue weighted by molar-refractivity contribution is 7.56. The molecule has 146 valence electrons. The fraction of sp³-hybridized carbons (Fsp3) is 0.706. The molecule has 0 atom stereocenters. The standard InChI is InChI=1S/C17H31O7P/c1-15(2)17(18)22-12-10-8-6-4-5-7-9-11-13-23-24-14-16(3)25(19,20)21/h1,3-14H2,2H3,(H2,19,20,21). The molecule has 0 fully saturated rings. The van der Waals surface area contributed by atoms with Gasteiger partial charge in [-0.2, -0.15) is 0 Å². The zero-order valence-electron chi connectivity index (χ0n) is 15.1. The summed E-state index contributed by atoms with van der Waals surface area (Å²) in [5.74, 6) is -0.322. The quantitative estimate of drug-likeness (QED) is 0.105. The molecule has 7 nitrogen and oxygen atoms in total. The maximum Gasteiger partial charge on any atom is 0.354 e. The molecule has 0 aliphatic rings. The van der Waals surface area contributed by atoms with Crippen LogP contribution in [0.2, 0.25) is 0 Å². The van der Waals surface area contributed by atoms with Gasteiger partial charge in [-0.25, -0.2) is 14.6 Å². The topological polar surface area (TPSA) is 102 Å². The molecule has 0 spiro atoms. The van der Waals surface area contributed by atoms with Crippen molar-refractivity contribution in [1.29, 1.82) is 0 Å². The third-order valence-corrected chi connectivity index (χ3v) is 4.38. The zero-order valence-corrected chi connectivity index (χ0v) is 16.0. The van der Waals surface area contributed by atoms with Gasteiger partial charge in [0, 0.05) is 5.57 Å². The second kappa shape index (κ2) is 14.2. The summed E-state index contributed by atoms with van der Waals surface area (Å²) < 4.78 is 15.8. The molecule has 2 N–H and O–H groups in total. The van der Waals surface area contributed by atoms with Crippen molar-refractivity contribution < 1.29 is 33.7 Å². The summed E-state index contributed by atoms with van der Waals surface area (Å²) in [4.78, 5) is 38.2. The van der Waals surface area contributed by atoms with E-state index < -0.39 is 7.60 Å². The Labute approximate surface area is 150 Å². The van der Waals surface area contributed by atoms with E-state index in [0.717, 1.165) is 51.4 Å². The Kier molecular flexibility index (Phi) is 13.7. The Hall–Kier alpha value is -0.980. The zero-order chi connectivity index (χ0) is 19.1. The number of carbonyl (C=O) groups excluding carboxylic acids is 1. The highest BCUT2D eigenvalue weighted by Gasteiger charge is 2.18. The van der Waals surface area contributed by atoms with E-state index in [2.05, 4.69) is 13.2 Å². The van der Waals surface area contributed by atoms with Gasteiger partial charge in [-0.05, 0) is 19.8 Å². The van der Waals surface area contributed by atoms with Gasteiger partial charge in [0.25, 0.3) is 0 Å². The summed E-state index contributed by atoms with van der Waals surface area (Å²) in [6, 6.07) is 0. The van der Waals surface area contributed by atoms with Gasteiger partial charge >= 0.3 is 13.6 Å². The predicted octanol–water partition coefficient (Wildman–Crippen LogP) is 3.87. The van der Waals surface area contributed by atoms with Crippen LogP contribution in [0, 0.1) is 0 Å². The molecule has 8 heteroatoms. The average Bonchev–Trinajstić information content (AvgIpc) is 2.53. The number of hydrogen-bond acceptors (Lipinski definition) is 5. The van der Waals surface area contributed by atoms with E-state index in [-0.39, 0.29) is 17.9 Å². The smallest absolute Gasteiger partial charge is 0.354 e. The molecule has 0 saturated heterocycles. The van der Waals surface area contributed by atoms with Crippen LogP contribution in [0.4, 0.5) is 0 Å². The molecule has 0 aromatic rings. The van der Waals surface area contributed by atoms with Crippen LogP contribution < -0.4 is 0 Å². The van der Waals surface area contributed by atoms with Gasteiger partial charge < -0.3 is 14.5 Å². The molecule has 0 amide bonds. The monoisotopic (exact) mass is 378 g/mol. The summed E-state index contributed by atoms with van der Waals surface area (Å²) in [5.41, 5.74) is 0.432. The number of hydrogen-bond donors (Lipinski definition) is 2. The minimum atomic E-state index is -4.28. The summed E-state index contributed by atoms with van der Waals surface area (Å²) in [5, 5.41) is -0.290. The summed E-state index contributed by atoms with van der Waals surface area (Å²) >= 11 is 0. The fourth-order valence-corrected chi connectivity index (χ4v) is 2.09. The molecule has 0 unspecified atom stereocenters. The number of rotatable bonds is 16. The minimum absolute atomic E-state index is 0.290. The second-order valence-electron chi connectivity index (χ2n) is 5.94. The molecule has 25 heavy (non-hydrogen) atoms. The van der Waals surface area contributed by atoms with Crippen molar-refractivity contribution in [2.24, 2.45) is 0 Å². The van der Waals surface area contributed by atoms with E-state index in [1.54, 1.807) is 6.92 Å². The molecule has 0 aliphatic heterocycles. The van der Waals surface area contributed by atoms with Gasteiger partial charge in [0.05, 0.1) is 18.5 Å². The third-order valence-electron chi connectivity index (χ3n) is 3.42. The Morgan fingerprint density at radius 1 is 0.880 bits per heavy atom. The lowest BCUT2D eigenvalue weighted by Gasteiger charge is -2.08. The lowest BCUT2D eigenvalue weighted by Crippen LogP contribution is -2.05. The normalized spacial score (nSPS) is 11.3. The van der Waals surface area contributed by atoms with Crippen LogP contribution in [-0.2, 0) is 23.9 Å². The third kappa shape index (κ3) is 15.0. The molecular weight excluding hydrogens is 347 g/mol. The van der Waals surface area contributed by atoms with Crippen LogP contribution >= 0.6 is 7.60 Å². The SMILES string of the molecule is C=C(C)C(=O)OCCCCCCCCCCOOCC(=C)P(=O)(O)O. The van der Waals surface area contributed by atoms with Crippen LogP contribution in [0.15, 0.2) is 24.0 Å². The summed E-state index contributed by atoms with van der Waals surface area (Å²) in [7, 11) is -4.28. The molecule has 0 saturated carbocycles. The number of carbonyl (C=O) groups is 1. The highest BCUT2D eigenvalue weighted by Crippen LogP contribution is 2.43. The van der Waals surface area contributed by atoms with Crippen LogP contribution in [0.25, 0.3) is 0 Å². The van der Waals surface area contributed by atoms with Crippen molar-refractivity contribution >= 4 is 13.6 Å². The molecule has 0 heterocycles. The average molecular weight is 378 g/mol. The Morgan fingerprint density at radius 3 is 1.84 bits per heavy atom. The van der Waals surface area contributed by atoms with Crippen molar-refractivity contribution in [1.82, 2.24) is 0 Å². The van der Waals surface area contributed by atoms with Crippen molar-refractivity contribution in [3.8, 4) is 0 Å². The first-order valence-electron chi connectivity index (χ1n) is 8.56. The van der Waals surface area contributed by atoms with E-state index in [0.29, 0.717) is 18.8 Å². The molecule has 0 aliphatic carbocycles. The van der Waals surface area contributed by atoms with Gasteiger partial charge in [0.1, 0.15) is 6.61 Å². The van der Waals surface area contributed by atoms with Crippen LogP contribution in [0.5, 0.6) is 0 Å². The Morgan fingerprint density at radius 2 is 1.36 bits per heavy atom. The van der Waals surface area contributed by atoms with Gasteiger partial charge in [-0.15, -0.1) is 0 Å². The molecule has 0 aromatic heterocycles. The van der Waals surface area contributed by atoms with Crippen molar-refractivity contribution in [3.63, 3.8) is 0 Å². The number of unbranched alkanes of at least 4 members (excludes halogenated alkanes) is 7. The summed E-state index contributed by atoms with van der Waals surface area (Å²) in [6.45, 7) is 8.95. The molecule has 0 bridgehead atoms. The molecule has 0 aromatic carbocycles. The van der Waals surface area contributed by atoms with Gasteiger partial charge in [-0.1, -0.05) is 51.7 Å². The van der Waals surface area contributed by atoms with E-state index in [1.165, 1.54) is 0 Å². The fourth-order valence-electron chi connectivity index (χ4n) is 1.86. The number of esters is 1. The lowest BCUT2D eigenvalue weighted by molar-refractivity contribution is -0.287. The molecule has 0 rings (SSSR count). The van der Waals surface area contributed by atoms with Gasteiger partial charge in [0.2, 0.25) is 0 Å². The van der Waals surface area contributed by atoms with Crippen LogP contribution in [-0.4, -0.2) is 35.6 Å². The van der Waals surface area contributed by atoms with E-state index in [9.17, 15) is 9.36 Å². The minimum Gasteiger partial charge on any atom is -0.462 e. The van der Waals surface area contributed by atoms with Gasteiger partial charge in [0.15, 0.2) is 0 Å². The predicted molar refractivity (Wildman–Crippen MR) is 95.8 cm³/mol. The lowest BCUT2D eigenvalue weighted by atomic mass is 10.1. The molecule has 0 radical (unpaired) electrons. The Bertz CT molecular complexity index is 456. The maximum atomic E-state index is 11.1. The van der Waals surface area contributed by atoms with Crippen molar-refractivity contribution in [3.05, 3.63) is 24.0 Å². The first kappa shape index (κ1) is 24.0. The van der Waals surface area contributed by atoms with Crippen LogP contribution in [0.3, 0.4) is 0 Å². The Balaban J connectivity index is 3.24. The summed E-state index contributed by atoms with van der Waals surface area (Å²) in [6.07, 6.45) is 8.28. The van der Waals surface area contributed by atoms with E-state index in [4.69, 9.17) is 24.3 Å². The maximum absolute atomic E-state index is 11.1.